The molecule has 0 radical (unpaired) electrons. The molecule has 5 nitrogen and oxygen atoms in total. The van der Waals surface area contributed by atoms with Gasteiger partial charge in [0.15, 0.2) is 0 Å². The van der Waals surface area contributed by atoms with Crippen LogP contribution in [0.2, 0.25) is 0 Å². The van der Waals surface area contributed by atoms with Gasteiger partial charge in [-0.15, -0.1) is 10.2 Å². The quantitative estimate of drug-likeness (QED) is 0.829. The fraction of sp³-hybridized carbons (Fsp3) is 0.400. The lowest BCUT2D eigenvalue weighted by Gasteiger charge is -2.11. The van der Waals surface area contributed by atoms with Crippen molar-refractivity contribution in [1.82, 2.24) is 15.5 Å². The maximum Gasteiger partial charge on any atom is 0.277 e. The third-order valence-corrected chi connectivity index (χ3v) is 4.36. The molecule has 1 fully saturated rings. The van der Waals surface area contributed by atoms with E-state index in [9.17, 15) is 9.18 Å². The summed E-state index contributed by atoms with van der Waals surface area (Å²) in [6.07, 6.45) is 2.39. The molecule has 2 aromatic rings. The van der Waals surface area contributed by atoms with Crippen molar-refractivity contribution < 1.29 is 13.6 Å². The molecule has 0 aliphatic heterocycles. The van der Waals surface area contributed by atoms with Crippen LogP contribution < -0.4 is 5.32 Å². The van der Waals surface area contributed by atoms with Crippen molar-refractivity contribution >= 4 is 17.7 Å². The number of halogens is 1. The van der Waals surface area contributed by atoms with E-state index in [0.717, 1.165) is 0 Å². The van der Waals surface area contributed by atoms with Gasteiger partial charge in [0.2, 0.25) is 11.8 Å². The number of nitrogens with one attached hydrogen (secondary N) is 1. The molecule has 0 saturated heterocycles. The molecule has 1 aliphatic rings. The number of nitrogens with zero attached hydrogens (tertiary/aromatic N) is 2. The molecule has 1 aliphatic carbocycles. The van der Waals surface area contributed by atoms with Crippen LogP contribution >= 0.6 is 11.8 Å². The van der Waals surface area contributed by atoms with Gasteiger partial charge in [0, 0.05) is 11.6 Å². The predicted molar refractivity (Wildman–Crippen MR) is 80.7 cm³/mol. The molecular weight excluding hydrogens is 305 g/mol. The number of carbonyl (C=O) groups excluding carboxylic acids is 1. The van der Waals surface area contributed by atoms with Crippen LogP contribution in [0.5, 0.6) is 0 Å². The number of hydrogen-bond acceptors (Lipinski definition) is 5. The molecule has 1 N–H and O–H groups in total. The normalized spacial score (nSPS) is 15.5. The molecule has 1 amide bonds. The minimum atomic E-state index is -0.320. The van der Waals surface area contributed by atoms with Crippen LogP contribution in [-0.4, -0.2) is 27.9 Å². The van der Waals surface area contributed by atoms with Crippen molar-refractivity contribution in [3.8, 4) is 11.5 Å². The van der Waals surface area contributed by atoms with Gasteiger partial charge < -0.3 is 9.73 Å². The first-order chi connectivity index (χ1) is 10.6. The van der Waals surface area contributed by atoms with Crippen molar-refractivity contribution in [2.24, 2.45) is 5.92 Å². The van der Waals surface area contributed by atoms with Crippen molar-refractivity contribution in [3.63, 3.8) is 0 Å². The zero-order valence-corrected chi connectivity index (χ0v) is 12.9. The van der Waals surface area contributed by atoms with Crippen LogP contribution in [0.1, 0.15) is 19.8 Å². The molecule has 1 aromatic heterocycles. The highest BCUT2D eigenvalue weighted by Gasteiger charge is 2.28. The Bertz CT molecular complexity index is 655. The number of benzene rings is 1. The van der Waals surface area contributed by atoms with Gasteiger partial charge in [-0.05, 0) is 49.9 Å². The van der Waals surface area contributed by atoms with Crippen molar-refractivity contribution in [2.75, 3.05) is 5.75 Å². The first kappa shape index (κ1) is 15.0. The van der Waals surface area contributed by atoms with Crippen LogP contribution in [0.25, 0.3) is 11.5 Å². The summed E-state index contributed by atoms with van der Waals surface area (Å²) in [5.41, 5.74) is 0.646. The fourth-order valence-electron chi connectivity index (χ4n) is 2.11. The van der Waals surface area contributed by atoms with Crippen LogP contribution in [0, 0.1) is 11.7 Å². The van der Waals surface area contributed by atoms with E-state index in [4.69, 9.17) is 4.42 Å². The molecule has 1 heterocycles. The highest BCUT2D eigenvalue weighted by atomic mass is 32.2. The second-order valence-corrected chi connectivity index (χ2v) is 6.29. The van der Waals surface area contributed by atoms with E-state index in [2.05, 4.69) is 15.5 Å². The number of aromatic nitrogens is 2. The minimum absolute atomic E-state index is 0.0362. The number of thioether (sulfide) groups is 1. The molecule has 1 aromatic carbocycles. The first-order valence-corrected chi connectivity index (χ1v) is 8.12. The lowest BCUT2D eigenvalue weighted by Crippen LogP contribution is -2.35. The predicted octanol–water partition coefficient (Wildman–Crippen LogP) is 2.88. The van der Waals surface area contributed by atoms with E-state index in [1.165, 1.54) is 36.7 Å². The SMILES string of the molecule is C[C@@H](NC(=O)CSc1nnc(-c2ccc(F)cc2)o1)C1CC1. The Morgan fingerprint density at radius 1 is 1.41 bits per heavy atom. The number of hydrogen-bond donors (Lipinski definition) is 1. The largest absolute Gasteiger partial charge is 0.411 e. The maximum atomic E-state index is 12.9. The number of rotatable bonds is 6. The van der Waals surface area contributed by atoms with Crippen LogP contribution in [0.4, 0.5) is 4.39 Å². The zero-order chi connectivity index (χ0) is 15.5. The summed E-state index contributed by atoms with van der Waals surface area (Å²) >= 11 is 1.19. The van der Waals surface area contributed by atoms with E-state index < -0.39 is 0 Å². The second kappa shape index (κ2) is 6.48. The topological polar surface area (TPSA) is 68.0 Å². The Labute approximate surface area is 131 Å². The molecule has 0 bridgehead atoms. The molecule has 0 spiro atoms. The van der Waals surface area contributed by atoms with Crippen LogP contribution in [0.3, 0.4) is 0 Å². The standard InChI is InChI=1S/C15H16FN3O2S/c1-9(10-2-3-10)17-13(20)8-22-15-19-18-14(21-15)11-4-6-12(16)7-5-11/h4-7,9-10H,2-3,8H2,1H3,(H,17,20)/t9-/m1/s1. The van der Waals surface area contributed by atoms with Crippen LogP contribution in [-0.2, 0) is 4.79 Å². The average Bonchev–Trinajstić information content (AvgIpc) is 3.25. The Morgan fingerprint density at radius 3 is 2.82 bits per heavy atom. The van der Waals surface area contributed by atoms with Gasteiger partial charge >= 0.3 is 0 Å². The number of carbonyl (C=O) groups is 1. The van der Waals surface area contributed by atoms with Crippen LogP contribution in [0.15, 0.2) is 33.9 Å². The molecule has 116 valence electrons. The van der Waals surface area contributed by atoms with Gasteiger partial charge in [0.1, 0.15) is 5.82 Å². The van der Waals surface area contributed by atoms with E-state index in [1.807, 2.05) is 6.92 Å². The van der Waals surface area contributed by atoms with Gasteiger partial charge in [0.05, 0.1) is 5.75 Å². The van der Waals surface area contributed by atoms with E-state index in [1.54, 1.807) is 12.1 Å². The molecule has 0 unspecified atom stereocenters. The first-order valence-electron chi connectivity index (χ1n) is 7.13. The zero-order valence-electron chi connectivity index (χ0n) is 12.1. The summed E-state index contributed by atoms with van der Waals surface area (Å²) in [6, 6.07) is 6.03. The third kappa shape index (κ3) is 3.85. The summed E-state index contributed by atoms with van der Waals surface area (Å²) in [5, 5.41) is 11.1. The summed E-state index contributed by atoms with van der Waals surface area (Å²) in [4.78, 5) is 11.8. The van der Waals surface area contributed by atoms with Gasteiger partial charge in [0.25, 0.3) is 5.22 Å². The minimum Gasteiger partial charge on any atom is -0.411 e. The summed E-state index contributed by atoms with van der Waals surface area (Å²) in [7, 11) is 0. The lowest BCUT2D eigenvalue weighted by atomic mass is 10.2. The summed E-state index contributed by atoms with van der Waals surface area (Å²) in [5.74, 6) is 0.823. The molecular formula is C15H16FN3O2S. The van der Waals surface area contributed by atoms with Gasteiger partial charge in [-0.1, -0.05) is 11.8 Å². The summed E-state index contributed by atoms with van der Waals surface area (Å²) in [6.45, 7) is 2.03. The number of amides is 1. The highest BCUT2D eigenvalue weighted by Crippen LogP contribution is 2.32. The summed E-state index contributed by atoms with van der Waals surface area (Å²) < 4.78 is 18.3. The smallest absolute Gasteiger partial charge is 0.277 e. The Morgan fingerprint density at radius 2 is 2.14 bits per heavy atom. The Kier molecular flexibility index (Phi) is 4.42. The highest BCUT2D eigenvalue weighted by molar-refractivity contribution is 7.99. The maximum absolute atomic E-state index is 12.9. The average molecular weight is 321 g/mol. The molecule has 22 heavy (non-hydrogen) atoms. The second-order valence-electron chi connectivity index (χ2n) is 5.36. The van der Waals surface area contributed by atoms with Gasteiger partial charge in [-0.25, -0.2) is 4.39 Å². The molecule has 7 heteroatoms. The molecule has 1 saturated carbocycles. The molecule has 1 atom stereocenters. The lowest BCUT2D eigenvalue weighted by molar-refractivity contribution is -0.119. The fourth-order valence-corrected chi connectivity index (χ4v) is 2.69. The molecule has 3 rings (SSSR count). The third-order valence-electron chi connectivity index (χ3n) is 3.54. The van der Waals surface area contributed by atoms with E-state index >= 15 is 0 Å². The van der Waals surface area contributed by atoms with Gasteiger partial charge in [-0.3, -0.25) is 4.79 Å². The van der Waals surface area contributed by atoms with Crippen molar-refractivity contribution in [2.45, 2.75) is 31.0 Å². The Balaban J connectivity index is 1.53. The monoisotopic (exact) mass is 321 g/mol. The van der Waals surface area contributed by atoms with Crippen molar-refractivity contribution in [3.05, 3.63) is 30.1 Å². The van der Waals surface area contributed by atoms with Gasteiger partial charge in [-0.2, -0.15) is 0 Å². The van der Waals surface area contributed by atoms with E-state index in [-0.39, 0.29) is 23.5 Å². The van der Waals surface area contributed by atoms with Crippen molar-refractivity contribution in [1.29, 1.82) is 0 Å². The van der Waals surface area contributed by atoms with E-state index in [0.29, 0.717) is 22.6 Å². The Hall–Kier alpha value is -1.89.